The fourth-order valence-corrected chi connectivity index (χ4v) is 4.38. The number of nitrogens with zero attached hydrogens (tertiary/aromatic N) is 3. The van der Waals surface area contributed by atoms with Gasteiger partial charge in [0.1, 0.15) is 5.82 Å². The highest BCUT2D eigenvalue weighted by atomic mass is 16.7. The quantitative estimate of drug-likeness (QED) is 0.621. The van der Waals surface area contributed by atoms with Gasteiger partial charge in [-0.15, -0.1) is 5.06 Å². The molecule has 2 N–H and O–H groups in total. The normalized spacial score (nSPS) is 19.1. The van der Waals surface area contributed by atoms with Gasteiger partial charge >= 0.3 is 0 Å². The molecule has 1 aliphatic heterocycles. The van der Waals surface area contributed by atoms with Gasteiger partial charge in [-0.3, -0.25) is 0 Å². The SMILES string of the molecule is COc1cc(Nc2nccc(NC3=CC(C4CCCCC4)N(C)O3)n2)cc(OC)c1OC. The van der Waals surface area contributed by atoms with Gasteiger partial charge in [-0.25, -0.2) is 4.98 Å². The van der Waals surface area contributed by atoms with Crippen molar-refractivity contribution in [2.45, 2.75) is 38.1 Å². The first-order chi connectivity index (χ1) is 15.6. The number of likely N-dealkylation sites (N-methyl/N-ethyl adjacent to an activating group) is 1. The molecule has 4 rings (SSSR count). The summed E-state index contributed by atoms with van der Waals surface area (Å²) in [4.78, 5) is 14.8. The summed E-state index contributed by atoms with van der Waals surface area (Å²) in [5.41, 5.74) is 0.713. The standard InChI is InChI=1S/C23H31N5O4/c1-28-17(15-8-6-5-7-9-15)14-21(32-28)26-20-10-11-24-23(27-20)25-16-12-18(29-2)22(31-4)19(13-16)30-3/h10-15,17H,5-9H2,1-4H3,(H2,24,25,26,27). The van der Waals surface area contributed by atoms with Crippen molar-refractivity contribution in [1.29, 1.82) is 0 Å². The first kappa shape index (κ1) is 22.0. The molecule has 172 valence electrons. The second-order valence-corrected chi connectivity index (χ2v) is 7.99. The Kier molecular flexibility index (Phi) is 6.84. The van der Waals surface area contributed by atoms with E-state index in [1.807, 2.05) is 12.1 Å². The van der Waals surface area contributed by atoms with Crippen LogP contribution >= 0.6 is 0 Å². The van der Waals surface area contributed by atoms with Gasteiger partial charge in [0.2, 0.25) is 17.6 Å². The summed E-state index contributed by atoms with van der Waals surface area (Å²) in [6.07, 6.45) is 10.3. The highest BCUT2D eigenvalue weighted by Crippen LogP contribution is 2.40. The van der Waals surface area contributed by atoms with Gasteiger partial charge in [-0.1, -0.05) is 19.3 Å². The molecule has 1 aromatic carbocycles. The molecular formula is C23H31N5O4. The van der Waals surface area contributed by atoms with Crippen molar-refractivity contribution in [3.63, 3.8) is 0 Å². The lowest BCUT2D eigenvalue weighted by molar-refractivity contribution is -0.107. The summed E-state index contributed by atoms with van der Waals surface area (Å²) in [6, 6.07) is 5.70. The lowest BCUT2D eigenvalue weighted by atomic mass is 9.84. The molecule has 1 aliphatic carbocycles. The van der Waals surface area contributed by atoms with Crippen LogP contribution in [0.5, 0.6) is 17.2 Å². The van der Waals surface area contributed by atoms with E-state index in [1.165, 1.54) is 32.1 Å². The largest absolute Gasteiger partial charge is 0.493 e. The highest BCUT2D eigenvalue weighted by Gasteiger charge is 2.32. The third-order valence-corrected chi connectivity index (χ3v) is 5.94. The molecular weight excluding hydrogens is 410 g/mol. The van der Waals surface area contributed by atoms with Crippen LogP contribution in [0.2, 0.25) is 0 Å². The minimum atomic E-state index is 0.288. The number of anilines is 3. The molecule has 1 aromatic heterocycles. The van der Waals surface area contributed by atoms with E-state index < -0.39 is 0 Å². The number of methoxy groups -OCH3 is 3. The Morgan fingerprint density at radius 3 is 2.38 bits per heavy atom. The number of nitrogens with one attached hydrogen (secondary N) is 2. The summed E-state index contributed by atoms with van der Waals surface area (Å²) in [7, 11) is 6.72. The number of rotatable bonds is 8. The van der Waals surface area contributed by atoms with Gasteiger partial charge in [0.15, 0.2) is 11.5 Å². The molecule has 1 saturated carbocycles. The minimum absolute atomic E-state index is 0.288. The van der Waals surface area contributed by atoms with Crippen LogP contribution in [0.4, 0.5) is 17.5 Å². The van der Waals surface area contributed by atoms with E-state index in [2.05, 4.69) is 26.7 Å². The molecule has 1 atom stereocenters. The number of hydrogen-bond donors (Lipinski definition) is 2. The van der Waals surface area contributed by atoms with E-state index in [4.69, 9.17) is 19.0 Å². The molecule has 1 fully saturated rings. The van der Waals surface area contributed by atoms with Crippen LogP contribution < -0.4 is 24.8 Å². The topological polar surface area (TPSA) is 90.0 Å². The molecule has 2 heterocycles. The van der Waals surface area contributed by atoms with Gasteiger partial charge in [0, 0.05) is 31.1 Å². The van der Waals surface area contributed by atoms with Crippen molar-refractivity contribution < 1.29 is 19.0 Å². The Balaban J connectivity index is 1.47. The lowest BCUT2D eigenvalue weighted by Gasteiger charge is -2.29. The first-order valence-corrected chi connectivity index (χ1v) is 10.9. The zero-order valence-corrected chi connectivity index (χ0v) is 19.1. The van der Waals surface area contributed by atoms with E-state index in [0.717, 1.165) is 0 Å². The van der Waals surface area contributed by atoms with Crippen molar-refractivity contribution in [3.05, 3.63) is 36.4 Å². The van der Waals surface area contributed by atoms with Crippen LogP contribution in [-0.2, 0) is 4.84 Å². The Morgan fingerprint density at radius 1 is 1.00 bits per heavy atom. The molecule has 1 unspecified atom stereocenters. The van der Waals surface area contributed by atoms with Crippen molar-refractivity contribution in [1.82, 2.24) is 15.0 Å². The summed E-state index contributed by atoms with van der Waals surface area (Å²) < 4.78 is 16.2. The van der Waals surface area contributed by atoms with E-state index in [1.54, 1.807) is 45.7 Å². The van der Waals surface area contributed by atoms with Crippen molar-refractivity contribution >= 4 is 17.5 Å². The fraction of sp³-hybridized carbons (Fsp3) is 0.478. The molecule has 0 amide bonds. The molecule has 9 heteroatoms. The maximum absolute atomic E-state index is 5.93. The number of hydroxylamine groups is 2. The summed E-state index contributed by atoms with van der Waals surface area (Å²) in [6.45, 7) is 0. The Morgan fingerprint density at radius 2 is 1.72 bits per heavy atom. The number of ether oxygens (including phenoxy) is 3. The second-order valence-electron chi connectivity index (χ2n) is 7.99. The number of hydrogen-bond acceptors (Lipinski definition) is 9. The molecule has 2 aliphatic rings. The zero-order chi connectivity index (χ0) is 22.5. The number of aromatic nitrogens is 2. The third kappa shape index (κ3) is 4.83. The first-order valence-electron chi connectivity index (χ1n) is 10.9. The molecule has 0 saturated heterocycles. The average Bonchev–Trinajstić information content (AvgIpc) is 3.18. The Labute approximate surface area is 188 Å². The average molecular weight is 442 g/mol. The number of benzene rings is 1. The Hall–Kier alpha value is -3.20. The van der Waals surface area contributed by atoms with Crippen molar-refractivity contribution in [2.24, 2.45) is 5.92 Å². The smallest absolute Gasteiger partial charge is 0.229 e. The molecule has 9 nitrogen and oxygen atoms in total. The van der Waals surface area contributed by atoms with Crippen molar-refractivity contribution in [2.75, 3.05) is 39.0 Å². The van der Waals surface area contributed by atoms with Crippen LogP contribution in [0.15, 0.2) is 36.4 Å². The van der Waals surface area contributed by atoms with Crippen molar-refractivity contribution in [3.8, 4) is 17.2 Å². The van der Waals surface area contributed by atoms with Crippen LogP contribution in [-0.4, -0.2) is 49.5 Å². The summed E-state index contributed by atoms with van der Waals surface area (Å²) in [5.74, 6) is 4.02. The van der Waals surface area contributed by atoms with Gasteiger partial charge < -0.3 is 29.7 Å². The van der Waals surface area contributed by atoms with Crippen LogP contribution in [0.1, 0.15) is 32.1 Å². The maximum atomic E-state index is 5.93. The predicted molar refractivity (Wildman–Crippen MR) is 122 cm³/mol. The maximum Gasteiger partial charge on any atom is 0.229 e. The zero-order valence-electron chi connectivity index (χ0n) is 19.1. The highest BCUT2D eigenvalue weighted by molar-refractivity contribution is 5.66. The molecule has 0 radical (unpaired) electrons. The molecule has 0 spiro atoms. The summed E-state index contributed by atoms with van der Waals surface area (Å²) in [5, 5.41) is 8.40. The van der Waals surface area contributed by atoms with Gasteiger partial charge in [0.25, 0.3) is 0 Å². The molecule has 2 aromatic rings. The fourth-order valence-electron chi connectivity index (χ4n) is 4.38. The monoisotopic (exact) mass is 441 g/mol. The van der Waals surface area contributed by atoms with E-state index >= 15 is 0 Å². The van der Waals surface area contributed by atoms with Crippen LogP contribution in [0.3, 0.4) is 0 Å². The predicted octanol–water partition coefficient (Wildman–Crippen LogP) is 4.33. The Bertz CT molecular complexity index is 936. The van der Waals surface area contributed by atoms with Gasteiger partial charge in [0.05, 0.1) is 27.4 Å². The van der Waals surface area contributed by atoms with Crippen LogP contribution in [0.25, 0.3) is 0 Å². The van der Waals surface area contributed by atoms with Crippen LogP contribution in [0, 0.1) is 5.92 Å². The van der Waals surface area contributed by atoms with E-state index in [-0.39, 0.29) is 6.04 Å². The lowest BCUT2D eigenvalue weighted by Crippen LogP contribution is -2.33. The summed E-state index contributed by atoms with van der Waals surface area (Å²) >= 11 is 0. The minimum Gasteiger partial charge on any atom is -0.493 e. The molecule has 0 bridgehead atoms. The third-order valence-electron chi connectivity index (χ3n) is 5.94. The second kappa shape index (κ2) is 9.95. The van der Waals surface area contributed by atoms with E-state index in [0.29, 0.717) is 46.5 Å². The van der Waals surface area contributed by atoms with Gasteiger partial charge in [-0.2, -0.15) is 4.98 Å². The molecule has 32 heavy (non-hydrogen) atoms. The van der Waals surface area contributed by atoms with E-state index in [9.17, 15) is 0 Å². The van der Waals surface area contributed by atoms with Gasteiger partial charge in [-0.05, 0) is 30.9 Å².